The molecule has 0 spiro atoms. The number of hydrogen-bond acceptors (Lipinski definition) is 4. The highest BCUT2D eigenvalue weighted by Crippen LogP contribution is 2.26. The Kier molecular flexibility index (Phi) is 5.39. The van der Waals surface area contributed by atoms with Crippen LogP contribution in [-0.4, -0.2) is 33.2 Å². The van der Waals surface area contributed by atoms with Crippen LogP contribution in [0.1, 0.15) is 31.2 Å². The third-order valence-electron chi connectivity index (χ3n) is 6.29. The van der Waals surface area contributed by atoms with E-state index in [0.29, 0.717) is 17.6 Å². The van der Waals surface area contributed by atoms with E-state index in [1.807, 2.05) is 53.1 Å². The highest BCUT2D eigenvalue weighted by atomic mass is 16.5. The first kappa shape index (κ1) is 20.3. The Morgan fingerprint density at radius 1 is 1.12 bits per heavy atom. The van der Waals surface area contributed by atoms with Gasteiger partial charge in [-0.2, -0.15) is 0 Å². The molecule has 7 nitrogen and oxygen atoms in total. The molecule has 1 aliphatic rings. The Morgan fingerprint density at radius 2 is 1.88 bits per heavy atom. The lowest BCUT2D eigenvalue weighted by atomic mass is 10.2. The number of para-hydroxylation sites is 2. The Balaban J connectivity index is 1.58. The first-order chi connectivity index (χ1) is 15.7. The highest BCUT2D eigenvalue weighted by Gasteiger charge is 2.21. The standard InChI is InChI=1S/C25H26N4O3/c1-32-21-13-7-2-8-17(21)14-28-16-26-23-19-11-5-6-12-20(19)29(24(23)25(28)31)15-22(30)27-18-9-3-4-10-18/h2,5-8,11-13,16,18H,3-4,9-10,14-15H2,1H3,(H,27,30). The molecule has 1 saturated carbocycles. The second-order valence-corrected chi connectivity index (χ2v) is 8.34. The van der Waals surface area contributed by atoms with E-state index in [1.165, 1.54) is 0 Å². The second-order valence-electron chi connectivity index (χ2n) is 8.34. The predicted octanol–water partition coefficient (Wildman–Crippen LogP) is 3.47. The van der Waals surface area contributed by atoms with Crippen molar-refractivity contribution in [3.05, 3.63) is 70.8 Å². The number of methoxy groups -OCH3 is 1. The minimum absolute atomic E-state index is 0.0703. The SMILES string of the molecule is COc1ccccc1Cn1cnc2c3ccccc3n(CC(=O)NC3CCCC3)c2c1=O. The maximum absolute atomic E-state index is 13.6. The molecule has 0 atom stereocenters. The van der Waals surface area contributed by atoms with Crippen molar-refractivity contribution in [1.29, 1.82) is 0 Å². The summed E-state index contributed by atoms with van der Waals surface area (Å²) in [6.07, 6.45) is 5.92. The molecule has 0 bridgehead atoms. The Hall–Kier alpha value is -3.61. The highest BCUT2D eigenvalue weighted by molar-refractivity contribution is 6.06. The minimum Gasteiger partial charge on any atom is -0.496 e. The normalized spacial score (nSPS) is 14.3. The maximum Gasteiger partial charge on any atom is 0.278 e. The summed E-state index contributed by atoms with van der Waals surface area (Å²) in [5.74, 6) is 0.648. The first-order valence-electron chi connectivity index (χ1n) is 11.0. The van der Waals surface area contributed by atoms with Crippen LogP contribution in [0.15, 0.2) is 59.7 Å². The fourth-order valence-electron chi connectivity index (χ4n) is 4.73. The van der Waals surface area contributed by atoms with Gasteiger partial charge in [-0.05, 0) is 25.0 Å². The van der Waals surface area contributed by atoms with Gasteiger partial charge in [-0.3, -0.25) is 14.2 Å². The van der Waals surface area contributed by atoms with Crippen molar-refractivity contribution in [2.75, 3.05) is 7.11 Å². The molecule has 0 saturated heterocycles. The largest absolute Gasteiger partial charge is 0.496 e. The lowest BCUT2D eigenvalue weighted by Crippen LogP contribution is -2.35. The summed E-state index contributed by atoms with van der Waals surface area (Å²) in [5, 5.41) is 4.00. The van der Waals surface area contributed by atoms with Gasteiger partial charge in [-0.15, -0.1) is 0 Å². The molecular formula is C25H26N4O3. The van der Waals surface area contributed by atoms with Crippen LogP contribution in [0.5, 0.6) is 5.75 Å². The molecule has 2 aromatic carbocycles. The number of ether oxygens (including phenoxy) is 1. The van der Waals surface area contributed by atoms with Gasteiger partial charge in [0, 0.05) is 17.0 Å². The van der Waals surface area contributed by atoms with Crippen LogP contribution in [0.25, 0.3) is 21.9 Å². The van der Waals surface area contributed by atoms with E-state index in [1.54, 1.807) is 18.0 Å². The number of fused-ring (bicyclic) bond motifs is 3. The van der Waals surface area contributed by atoms with E-state index in [9.17, 15) is 9.59 Å². The maximum atomic E-state index is 13.6. The third-order valence-corrected chi connectivity index (χ3v) is 6.29. The molecule has 32 heavy (non-hydrogen) atoms. The number of amides is 1. The minimum atomic E-state index is -0.175. The topological polar surface area (TPSA) is 78.2 Å². The average molecular weight is 431 g/mol. The average Bonchev–Trinajstić information content (AvgIpc) is 3.43. The Morgan fingerprint density at radius 3 is 2.69 bits per heavy atom. The molecule has 0 radical (unpaired) electrons. The van der Waals surface area contributed by atoms with Crippen molar-refractivity contribution in [2.45, 2.75) is 44.8 Å². The summed E-state index contributed by atoms with van der Waals surface area (Å²) >= 11 is 0. The summed E-state index contributed by atoms with van der Waals surface area (Å²) in [4.78, 5) is 31.0. The first-order valence-corrected chi connectivity index (χ1v) is 11.0. The van der Waals surface area contributed by atoms with Crippen molar-refractivity contribution in [1.82, 2.24) is 19.4 Å². The van der Waals surface area contributed by atoms with Crippen LogP contribution in [0, 0.1) is 0 Å². The van der Waals surface area contributed by atoms with E-state index in [4.69, 9.17) is 4.74 Å². The van der Waals surface area contributed by atoms with Gasteiger partial charge in [0.2, 0.25) is 5.91 Å². The predicted molar refractivity (Wildman–Crippen MR) is 124 cm³/mol. The van der Waals surface area contributed by atoms with Crippen molar-refractivity contribution < 1.29 is 9.53 Å². The number of nitrogens with one attached hydrogen (secondary N) is 1. The lowest BCUT2D eigenvalue weighted by Gasteiger charge is -2.14. The summed E-state index contributed by atoms with van der Waals surface area (Å²) in [6.45, 7) is 0.428. The number of nitrogens with zero attached hydrogens (tertiary/aromatic N) is 3. The quantitative estimate of drug-likeness (QED) is 0.508. The van der Waals surface area contributed by atoms with Crippen LogP contribution >= 0.6 is 0 Å². The fraction of sp³-hybridized carbons (Fsp3) is 0.320. The molecule has 1 aliphatic carbocycles. The van der Waals surface area contributed by atoms with Gasteiger partial charge in [-0.1, -0.05) is 49.2 Å². The molecule has 7 heteroatoms. The Bertz CT molecular complexity index is 1350. The molecule has 2 heterocycles. The number of rotatable bonds is 6. The number of hydrogen-bond donors (Lipinski definition) is 1. The fourth-order valence-corrected chi connectivity index (χ4v) is 4.73. The molecule has 0 unspecified atom stereocenters. The van der Waals surface area contributed by atoms with Crippen molar-refractivity contribution in [3.63, 3.8) is 0 Å². The van der Waals surface area contributed by atoms with Crippen LogP contribution in [-0.2, 0) is 17.9 Å². The van der Waals surface area contributed by atoms with Crippen molar-refractivity contribution in [3.8, 4) is 5.75 Å². The summed E-state index contributed by atoms with van der Waals surface area (Å²) in [6, 6.07) is 15.6. The van der Waals surface area contributed by atoms with Crippen LogP contribution in [0.3, 0.4) is 0 Å². The van der Waals surface area contributed by atoms with Crippen LogP contribution in [0.2, 0.25) is 0 Å². The van der Waals surface area contributed by atoms with Crippen molar-refractivity contribution in [2.24, 2.45) is 0 Å². The third kappa shape index (κ3) is 3.64. The van der Waals surface area contributed by atoms with E-state index >= 15 is 0 Å². The molecule has 0 aliphatic heterocycles. The lowest BCUT2D eigenvalue weighted by molar-refractivity contribution is -0.122. The molecule has 1 N–H and O–H groups in total. The summed E-state index contributed by atoms with van der Waals surface area (Å²) < 4.78 is 8.82. The van der Waals surface area contributed by atoms with Crippen LogP contribution < -0.4 is 15.6 Å². The number of carbonyl (C=O) groups excluding carboxylic acids is 1. The number of carbonyl (C=O) groups is 1. The van der Waals surface area contributed by atoms with Gasteiger partial charge >= 0.3 is 0 Å². The smallest absolute Gasteiger partial charge is 0.278 e. The molecular weight excluding hydrogens is 404 g/mol. The summed E-state index contributed by atoms with van der Waals surface area (Å²) in [7, 11) is 1.61. The molecule has 2 aromatic heterocycles. The van der Waals surface area contributed by atoms with Gasteiger partial charge in [-0.25, -0.2) is 4.98 Å². The monoisotopic (exact) mass is 430 g/mol. The van der Waals surface area contributed by atoms with Gasteiger partial charge in [0.05, 0.1) is 25.5 Å². The number of aromatic nitrogens is 3. The molecule has 5 rings (SSSR count). The zero-order valence-electron chi connectivity index (χ0n) is 18.1. The van der Waals surface area contributed by atoms with Crippen molar-refractivity contribution >= 4 is 27.8 Å². The van der Waals surface area contributed by atoms with Gasteiger partial charge in [0.1, 0.15) is 23.3 Å². The van der Waals surface area contributed by atoms with E-state index in [0.717, 1.165) is 47.9 Å². The number of benzene rings is 2. The molecule has 1 amide bonds. The van der Waals surface area contributed by atoms with E-state index in [2.05, 4.69) is 10.3 Å². The Labute approximate surface area is 185 Å². The molecule has 164 valence electrons. The summed E-state index contributed by atoms with van der Waals surface area (Å²) in [5.41, 5.74) is 2.62. The zero-order chi connectivity index (χ0) is 22.1. The molecule has 4 aromatic rings. The van der Waals surface area contributed by atoms with E-state index < -0.39 is 0 Å². The molecule has 1 fully saturated rings. The second kappa shape index (κ2) is 8.49. The van der Waals surface area contributed by atoms with Crippen LogP contribution in [0.4, 0.5) is 0 Å². The van der Waals surface area contributed by atoms with E-state index in [-0.39, 0.29) is 24.1 Å². The van der Waals surface area contributed by atoms with Gasteiger partial charge in [0.25, 0.3) is 5.56 Å². The zero-order valence-corrected chi connectivity index (χ0v) is 18.1. The van der Waals surface area contributed by atoms with Gasteiger partial charge in [0.15, 0.2) is 0 Å². The van der Waals surface area contributed by atoms with Gasteiger partial charge < -0.3 is 14.6 Å².